The molecule has 0 bridgehead atoms. The molecular weight excluding hydrogens is 272 g/mol. The van der Waals surface area contributed by atoms with Crippen LogP contribution >= 0.6 is 0 Å². The predicted octanol–water partition coefficient (Wildman–Crippen LogP) is 5.39. The number of rotatable bonds is 6. The average molecular weight is 296 g/mol. The number of carbonyl (C=O) groups excluding carboxylic acids is 1. The molecule has 2 aromatic carbocycles. The lowest BCUT2D eigenvalue weighted by Gasteiger charge is -2.14. The van der Waals surface area contributed by atoms with Gasteiger partial charge in [-0.1, -0.05) is 68.4 Å². The third-order valence-corrected chi connectivity index (χ3v) is 3.72. The zero-order valence-corrected chi connectivity index (χ0v) is 13.6. The lowest BCUT2D eigenvalue weighted by Crippen LogP contribution is -2.09. The Hall–Kier alpha value is -2.09. The van der Waals surface area contributed by atoms with E-state index in [0.717, 1.165) is 12.0 Å². The molecule has 1 atom stereocenters. The molecule has 0 saturated carbocycles. The summed E-state index contributed by atoms with van der Waals surface area (Å²) in [6.45, 7) is 6.14. The molecule has 22 heavy (non-hydrogen) atoms. The second kappa shape index (κ2) is 7.79. The first-order chi connectivity index (χ1) is 10.6. The molecule has 0 radical (unpaired) electrons. The molecule has 2 heteroatoms. The van der Waals surface area contributed by atoms with Crippen molar-refractivity contribution in [1.82, 2.24) is 0 Å². The van der Waals surface area contributed by atoms with E-state index in [-0.39, 0.29) is 12.1 Å². The topological polar surface area (TPSA) is 26.3 Å². The van der Waals surface area contributed by atoms with E-state index in [1.807, 2.05) is 37.3 Å². The van der Waals surface area contributed by atoms with E-state index in [1.165, 1.54) is 11.1 Å². The normalized spacial score (nSPS) is 12.2. The van der Waals surface area contributed by atoms with Crippen LogP contribution in [-0.2, 0) is 9.53 Å². The predicted molar refractivity (Wildman–Crippen MR) is 90.5 cm³/mol. The molecule has 0 aromatic heterocycles. The lowest BCUT2D eigenvalue weighted by molar-refractivity contribution is -0.148. The van der Waals surface area contributed by atoms with Crippen LogP contribution in [0.25, 0.3) is 11.1 Å². The summed E-state index contributed by atoms with van der Waals surface area (Å²) in [7, 11) is 0. The van der Waals surface area contributed by atoms with Gasteiger partial charge in [0.15, 0.2) is 0 Å². The molecule has 0 heterocycles. The van der Waals surface area contributed by atoms with E-state index >= 15 is 0 Å². The van der Waals surface area contributed by atoms with E-state index < -0.39 is 0 Å². The highest BCUT2D eigenvalue weighted by atomic mass is 16.5. The number of hydrogen-bond acceptors (Lipinski definition) is 2. The Morgan fingerprint density at radius 3 is 2.09 bits per heavy atom. The molecule has 2 rings (SSSR count). The molecule has 0 amide bonds. The molecule has 0 aliphatic carbocycles. The van der Waals surface area contributed by atoms with Gasteiger partial charge in [-0.25, -0.2) is 0 Å². The van der Waals surface area contributed by atoms with Crippen molar-refractivity contribution in [1.29, 1.82) is 0 Å². The Morgan fingerprint density at radius 2 is 1.50 bits per heavy atom. The van der Waals surface area contributed by atoms with Crippen LogP contribution in [0.5, 0.6) is 0 Å². The van der Waals surface area contributed by atoms with Gasteiger partial charge in [0.2, 0.25) is 0 Å². The van der Waals surface area contributed by atoms with Gasteiger partial charge in [-0.05, 0) is 36.0 Å². The van der Waals surface area contributed by atoms with Crippen molar-refractivity contribution in [3.05, 3.63) is 60.2 Å². The number of esters is 1. The van der Waals surface area contributed by atoms with Crippen molar-refractivity contribution in [3.8, 4) is 11.1 Å². The minimum absolute atomic E-state index is 0.117. The summed E-state index contributed by atoms with van der Waals surface area (Å²) in [6.07, 6.45) is 1.16. The molecule has 0 aliphatic rings. The summed E-state index contributed by atoms with van der Waals surface area (Å²) in [5, 5.41) is 0. The first-order valence-corrected chi connectivity index (χ1v) is 7.91. The average Bonchev–Trinajstić information content (AvgIpc) is 2.54. The van der Waals surface area contributed by atoms with Crippen molar-refractivity contribution < 1.29 is 9.53 Å². The summed E-state index contributed by atoms with van der Waals surface area (Å²) in [6, 6.07) is 18.5. The fourth-order valence-electron chi connectivity index (χ4n) is 2.31. The van der Waals surface area contributed by atoms with Crippen LogP contribution in [0.3, 0.4) is 0 Å². The maximum absolute atomic E-state index is 11.8. The van der Waals surface area contributed by atoms with Crippen molar-refractivity contribution in [2.45, 2.75) is 39.7 Å². The van der Waals surface area contributed by atoms with Gasteiger partial charge in [0.05, 0.1) is 0 Å². The molecule has 0 aliphatic heterocycles. The molecule has 2 aromatic rings. The maximum atomic E-state index is 11.8. The maximum Gasteiger partial charge on any atom is 0.306 e. The van der Waals surface area contributed by atoms with Gasteiger partial charge in [-0.3, -0.25) is 4.79 Å². The van der Waals surface area contributed by atoms with Gasteiger partial charge >= 0.3 is 5.97 Å². The molecule has 0 N–H and O–H groups in total. The highest BCUT2D eigenvalue weighted by Gasteiger charge is 2.12. The zero-order valence-electron chi connectivity index (χ0n) is 13.6. The fourth-order valence-corrected chi connectivity index (χ4v) is 2.31. The van der Waals surface area contributed by atoms with E-state index in [0.29, 0.717) is 12.3 Å². The van der Waals surface area contributed by atoms with Crippen molar-refractivity contribution in [2.24, 2.45) is 5.92 Å². The summed E-state index contributed by atoms with van der Waals surface area (Å²) in [4.78, 5) is 11.8. The van der Waals surface area contributed by atoms with Crippen LogP contribution in [0.4, 0.5) is 0 Å². The highest BCUT2D eigenvalue weighted by molar-refractivity contribution is 5.69. The minimum Gasteiger partial charge on any atom is -0.458 e. The first-order valence-electron chi connectivity index (χ1n) is 7.91. The van der Waals surface area contributed by atoms with E-state index in [4.69, 9.17) is 4.74 Å². The Balaban J connectivity index is 1.96. The van der Waals surface area contributed by atoms with Crippen molar-refractivity contribution >= 4 is 5.97 Å². The largest absolute Gasteiger partial charge is 0.458 e. The summed E-state index contributed by atoms with van der Waals surface area (Å²) in [5.74, 6) is 0.404. The smallest absolute Gasteiger partial charge is 0.306 e. The second-order valence-corrected chi connectivity index (χ2v) is 6.05. The molecule has 1 unspecified atom stereocenters. The molecule has 116 valence electrons. The van der Waals surface area contributed by atoms with Crippen molar-refractivity contribution in [2.75, 3.05) is 0 Å². The van der Waals surface area contributed by atoms with Gasteiger partial charge in [0.25, 0.3) is 0 Å². The molecule has 0 saturated heterocycles. The van der Waals surface area contributed by atoms with Crippen LogP contribution in [-0.4, -0.2) is 5.97 Å². The number of carbonyl (C=O) groups is 1. The number of benzene rings is 2. The third-order valence-electron chi connectivity index (χ3n) is 3.72. The van der Waals surface area contributed by atoms with Gasteiger partial charge < -0.3 is 4.74 Å². The minimum atomic E-state index is -0.204. The van der Waals surface area contributed by atoms with Gasteiger partial charge in [-0.2, -0.15) is 0 Å². The summed E-state index contributed by atoms with van der Waals surface area (Å²) in [5.41, 5.74) is 3.39. The second-order valence-electron chi connectivity index (χ2n) is 6.05. The molecule has 0 fully saturated rings. The molecule has 2 nitrogen and oxygen atoms in total. The van der Waals surface area contributed by atoms with Gasteiger partial charge in [0.1, 0.15) is 6.10 Å². The Bertz CT molecular complexity index is 585. The van der Waals surface area contributed by atoms with Crippen LogP contribution in [0.2, 0.25) is 0 Å². The summed E-state index contributed by atoms with van der Waals surface area (Å²) >= 11 is 0. The SMILES string of the molecule is CC(C)CCC(=O)OC(C)c1ccc(-c2ccccc2)cc1. The number of ether oxygens (including phenoxy) is 1. The van der Waals surface area contributed by atoms with Crippen LogP contribution < -0.4 is 0 Å². The Morgan fingerprint density at radius 1 is 0.909 bits per heavy atom. The van der Waals surface area contributed by atoms with Gasteiger partial charge in [0, 0.05) is 6.42 Å². The zero-order chi connectivity index (χ0) is 15.9. The standard InChI is InChI=1S/C20H24O2/c1-15(2)9-14-20(21)22-16(3)17-10-12-19(13-11-17)18-7-5-4-6-8-18/h4-8,10-13,15-16H,9,14H2,1-3H3. The van der Waals surface area contributed by atoms with Crippen LogP contribution in [0, 0.1) is 5.92 Å². The van der Waals surface area contributed by atoms with Crippen molar-refractivity contribution in [3.63, 3.8) is 0 Å². The fraction of sp³-hybridized carbons (Fsp3) is 0.350. The van der Waals surface area contributed by atoms with Crippen LogP contribution in [0.15, 0.2) is 54.6 Å². The molecule has 0 spiro atoms. The third kappa shape index (κ3) is 4.73. The molecular formula is C20H24O2. The Labute approximate surface area is 133 Å². The monoisotopic (exact) mass is 296 g/mol. The highest BCUT2D eigenvalue weighted by Crippen LogP contribution is 2.23. The number of hydrogen-bond donors (Lipinski definition) is 0. The Kier molecular flexibility index (Phi) is 5.76. The summed E-state index contributed by atoms with van der Waals surface area (Å²) < 4.78 is 5.49. The lowest BCUT2D eigenvalue weighted by atomic mass is 10.0. The van der Waals surface area contributed by atoms with E-state index in [1.54, 1.807) is 0 Å². The quantitative estimate of drug-likeness (QED) is 0.668. The van der Waals surface area contributed by atoms with Gasteiger partial charge in [-0.15, -0.1) is 0 Å². The van der Waals surface area contributed by atoms with E-state index in [9.17, 15) is 4.79 Å². The van der Waals surface area contributed by atoms with Crippen LogP contribution in [0.1, 0.15) is 45.3 Å². The first kappa shape index (κ1) is 16.3. The van der Waals surface area contributed by atoms with E-state index in [2.05, 4.69) is 38.1 Å².